The zero-order chi connectivity index (χ0) is 9.64. The van der Waals surface area contributed by atoms with Crippen LogP contribution in [0.2, 0.25) is 0 Å². The van der Waals surface area contributed by atoms with Crippen molar-refractivity contribution in [2.24, 2.45) is 23.7 Å². The lowest BCUT2D eigenvalue weighted by Gasteiger charge is -2.46. The van der Waals surface area contributed by atoms with Crippen molar-refractivity contribution in [3.8, 4) is 0 Å². The molecule has 0 radical (unpaired) electrons. The third-order valence-electron chi connectivity index (χ3n) is 3.51. The molecule has 1 saturated heterocycles. The molecule has 0 aromatic heterocycles. The van der Waals surface area contributed by atoms with E-state index in [0.29, 0.717) is 0 Å². The molecule has 0 bridgehead atoms. The maximum absolute atomic E-state index is 11.3. The van der Waals surface area contributed by atoms with Crippen molar-refractivity contribution in [1.29, 1.82) is 0 Å². The van der Waals surface area contributed by atoms with E-state index in [2.05, 4.69) is 0 Å². The molecule has 0 aromatic carbocycles. The van der Waals surface area contributed by atoms with Crippen LogP contribution in [0.5, 0.6) is 0 Å². The minimum absolute atomic E-state index is 0.00190. The molecular formula is C8H14O4S. The van der Waals surface area contributed by atoms with E-state index in [-0.39, 0.29) is 48.4 Å². The molecule has 1 saturated carbocycles. The van der Waals surface area contributed by atoms with Gasteiger partial charge < -0.3 is 10.2 Å². The van der Waals surface area contributed by atoms with Gasteiger partial charge >= 0.3 is 0 Å². The minimum Gasteiger partial charge on any atom is -0.396 e. The normalized spacial score (nSPS) is 46.9. The van der Waals surface area contributed by atoms with Crippen molar-refractivity contribution in [3.05, 3.63) is 0 Å². The number of aliphatic hydroxyl groups is 2. The Balaban J connectivity index is 2.15. The van der Waals surface area contributed by atoms with E-state index in [0.717, 1.165) is 0 Å². The first-order chi connectivity index (χ1) is 6.09. The van der Waals surface area contributed by atoms with Gasteiger partial charge in [-0.3, -0.25) is 0 Å². The van der Waals surface area contributed by atoms with Crippen LogP contribution in [0.25, 0.3) is 0 Å². The van der Waals surface area contributed by atoms with Crippen LogP contribution in [0.4, 0.5) is 0 Å². The Kier molecular flexibility index (Phi) is 2.13. The standard InChI is InChI=1S/C8H14O4S/c9-1-5-6(2-10)8-4-13(11,12)3-7(5)8/h5-10H,1-4H2. The van der Waals surface area contributed by atoms with E-state index in [1.165, 1.54) is 0 Å². The largest absolute Gasteiger partial charge is 0.396 e. The smallest absolute Gasteiger partial charge is 0.150 e. The van der Waals surface area contributed by atoms with Gasteiger partial charge in [-0.1, -0.05) is 0 Å². The fourth-order valence-corrected chi connectivity index (χ4v) is 5.11. The van der Waals surface area contributed by atoms with Crippen molar-refractivity contribution < 1.29 is 18.6 Å². The molecule has 1 heterocycles. The van der Waals surface area contributed by atoms with Crippen LogP contribution in [-0.4, -0.2) is 43.4 Å². The second-order valence-corrected chi connectivity index (χ2v) is 6.25. The average Bonchev–Trinajstić information content (AvgIpc) is 2.30. The molecule has 2 aliphatic rings. The predicted molar refractivity (Wildman–Crippen MR) is 46.8 cm³/mol. The zero-order valence-corrected chi connectivity index (χ0v) is 8.07. The summed E-state index contributed by atoms with van der Waals surface area (Å²) >= 11 is 0. The number of hydrogen-bond donors (Lipinski definition) is 2. The first-order valence-corrected chi connectivity index (χ1v) is 6.33. The van der Waals surface area contributed by atoms with Gasteiger partial charge in [0, 0.05) is 13.2 Å². The lowest BCUT2D eigenvalue weighted by Crippen LogP contribution is -2.49. The monoisotopic (exact) mass is 206 g/mol. The van der Waals surface area contributed by atoms with E-state index in [1.54, 1.807) is 0 Å². The molecule has 2 rings (SSSR count). The van der Waals surface area contributed by atoms with Gasteiger partial charge in [-0.25, -0.2) is 8.42 Å². The van der Waals surface area contributed by atoms with Gasteiger partial charge in [-0.05, 0) is 23.7 Å². The number of fused-ring (bicyclic) bond motifs is 1. The summed E-state index contributed by atoms with van der Waals surface area (Å²) in [4.78, 5) is 0. The highest BCUT2D eigenvalue weighted by Gasteiger charge is 2.56. The fraction of sp³-hybridized carbons (Fsp3) is 1.00. The van der Waals surface area contributed by atoms with Crippen molar-refractivity contribution >= 4 is 9.84 Å². The molecule has 0 amide bonds. The summed E-state index contributed by atoms with van der Waals surface area (Å²) in [7, 11) is -2.89. The van der Waals surface area contributed by atoms with Crippen LogP contribution in [0.15, 0.2) is 0 Å². The van der Waals surface area contributed by atoms with E-state index < -0.39 is 9.84 Å². The summed E-state index contributed by atoms with van der Waals surface area (Å²) in [5.74, 6) is 0.637. The number of sulfone groups is 1. The molecule has 5 heteroatoms. The lowest BCUT2D eigenvalue weighted by atomic mass is 9.59. The first-order valence-electron chi connectivity index (χ1n) is 4.51. The molecule has 0 aromatic rings. The molecule has 4 unspecified atom stereocenters. The van der Waals surface area contributed by atoms with Gasteiger partial charge in [0.05, 0.1) is 11.5 Å². The topological polar surface area (TPSA) is 74.6 Å². The second kappa shape index (κ2) is 2.93. The fourth-order valence-electron chi connectivity index (χ4n) is 2.81. The van der Waals surface area contributed by atoms with Gasteiger partial charge in [-0.2, -0.15) is 0 Å². The molecule has 13 heavy (non-hydrogen) atoms. The molecule has 2 fully saturated rings. The third kappa shape index (κ3) is 1.30. The van der Waals surface area contributed by atoms with Crippen molar-refractivity contribution in [1.82, 2.24) is 0 Å². The maximum Gasteiger partial charge on any atom is 0.150 e. The zero-order valence-electron chi connectivity index (χ0n) is 7.26. The van der Waals surface area contributed by atoms with Crippen LogP contribution in [0.1, 0.15) is 0 Å². The van der Waals surface area contributed by atoms with Crippen LogP contribution >= 0.6 is 0 Å². The highest BCUT2D eigenvalue weighted by Crippen LogP contribution is 2.50. The second-order valence-electron chi connectivity index (χ2n) is 4.10. The number of hydrogen-bond acceptors (Lipinski definition) is 4. The summed E-state index contributed by atoms with van der Waals surface area (Å²) in [6.45, 7) is 0.00380. The molecule has 1 aliphatic carbocycles. The predicted octanol–water partition coefficient (Wildman–Crippen LogP) is -1.12. The van der Waals surface area contributed by atoms with Crippen molar-refractivity contribution in [2.45, 2.75) is 0 Å². The van der Waals surface area contributed by atoms with Crippen molar-refractivity contribution in [3.63, 3.8) is 0 Å². The maximum atomic E-state index is 11.3. The van der Waals surface area contributed by atoms with Crippen LogP contribution in [0.3, 0.4) is 0 Å². The molecule has 0 spiro atoms. The summed E-state index contributed by atoms with van der Waals surface area (Å²) in [5, 5.41) is 18.0. The molecule has 76 valence electrons. The Labute approximate surface area is 77.5 Å². The molecule has 2 N–H and O–H groups in total. The van der Waals surface area contributed by atoms with E-state index in [1.807, 2.05) is 0 Å². The SMILES string of the molecule is O=S1(=O)CC2C(CO)C(CO)C2C1. The Morgan fingerprint density at radius 1 is 1.00 bits per heavy atom. The Hall–Kier alpha value is -0.130. The van der Waals surface area contributed by atoms with E-state index >= 15 is 0 Å². The lowest BCUT2D eigenvalue weighted by molar-refractivity contribution is -0.0516. The highest BCUT2D eigenvalue weighted by molar-refractivity contribution is 7.91. The van der Waals surface area contributed by atoms with Crippen molar-refractivity contribution in [2.75, 3.05) is 24.7 Å². The van der Waals surface area contributed by atoms with Crippen LogP contribution < -0.4 is 0 Å². The molecule has 4 nitrogen and oxygen atoms in total. The summed E-state index contributed by atoms with van der Waals surface area (Å²) in [6, 6.07) is 0. The van der Waals surface area contributed by atoms with Crippen LogP contribution in [-0.2, 0) is 9.84 Å². The summed E-state index contributed by atoms with van der Waals surface area (Å²) in [6.07, 6.45) is 0. The Morgan fingerprint density at radius 2 is 1.38 bits per heavy atom. The van der Waals surface area contributed by atoms with Gasteiger partial charge in [0.2, 0.25) is 0 Å². The Morgan fingerprint density at radius 3 is 1.69 bits per heavy atom. The number of rotatable bonds is 2. The Bertz CT molecular complexity index is 273. The molecular weight excluding hydrogens is 192 g/mol. The van der Waals surface area contributed by atoms with Gasteiger partial charge in [0.1, 0.15) is 0 Å². The molecule has 1 aliphatic heterocycles. The van der Waals surface area contributed by atoms with E-state index in [4.69, 9.17) is 10.2 Å². The highest BCUT2D eigenvalue weighted by atomic mass is 32.2. The summed E-state index contributed by atoms with van der Waals surface area (Å²) < 4.78 is 22.5. The quantitative estimate of drug-likeness (QED) is 0.600. The first kappa shape index (κ1) is 9.43. The average molecular weight is 206 g/mol. The van der Waals surface area contributed by atoms with Gasteiger partial charge in [-0.15, -0.1) is 0 Å². The van der Waals surface area contributed by atoms with E-state index in [9.17, 15) is 8.42 Å². The summed E-state index contributed by atoms with van der Waals surface area (Å²) in [5.41, 5.74) is 0. The van der Waals surface area contributed by atoms with Crippen LogP contribution in [0, 0.1) is 23.7 Å². The minimum atomic E-state index is -2.89. The van der Waals surface area contributed by atoms with Gasteiger partial charge in [0.15, 0.2) is 9.84 Å². The molecule has 4 atom stereocenters. The third-order valence-corrected chi connectivity index (χ3v) is 5.30. The van der Waals surface area contributed by atoms with Gasteiger partial charge in [0.25, 0.3) is 0 Å². The number of aliphatic hydroxyl groups excluding tert-OH is 2.